The van der Waals surface area contributed by atoms with E-state index in [9.17, 15) is 4.79 Å². The van der Waals surface area contributed by atoms with Gasteiger partial charge in [0.25, 0.3) is 0 Å². The molecule has 0 spiro atoms. The summed E-state index contributed by atoms with van der Waals surface area (Å²) in [6.45, 7) is 7.93. The quantitative estimate of drug-likeness (QED) is 0.904. The van der Waals surface area contributed by atoms with Gasteiger partial charge in [0.1, 0.15) is 0 Å². The number of amides is 1. The number of rotatable bonds is 2. The normalized spacial score (nSPS) is 25.8. The molecule has 1 N–H and O–H groups in total. The van der Waals surface area contributed by atoms with Crippen LogP contribution in [0, 0.1) is 11.3 Å². The summed E-state index contributed by atoms with van der Waals surface area (Å²) in [4.78, 5) is 15.3. The predicted molar refractivity (Wildman–Crippen MR) is 85.2 cm³/mol. The molecule has 1 aromatic carbocycles. The first-order chi connectivity index (χ1) is 10.1. The molecule has 1 amide bonds. The molecule has 0 radical (unpaired) electrons. The summed E-state index contributed by atoms with van der Waals surface area (Å²) in [5.74, 6) is 0.765. The number of carbonyl (C=O) groups is 1. The van der Waals surface area contributed by atoms with Gasteiger partial charge in [-0.2, -0.15) is 0 Å². The average Bonchev–Trinajstić information content (AvgIpc) is 2.89. The lowest BCUT2D eigenvalue weighted by Gasteiger charge is -2.36. The summed E-state index contributed by atoms with van der Waals surface area (Å²) >= 11 is 0. The highest BCUT2D eigenvalue weighted by atomic mass is 16.2. The third kappa shape index (κ3) is 2.59. The molecule has 21 heavy (non-hydrogen) atoms. The molecular weight excluding hydrogens is 260 g/mol. The van der Waals surface area contributed by atoms with E-state index in [1.807, 2.05) is 0 Å². The fourth-order valence-corrected chi connectivity index (χ4v) is 3.82. The zero-order chi connectivity index (χ0) is 14.9. The second-order valence-corrected chi connectivity index (χ2v) is 6.80. The van der Waals surface area contributed by atoms with Crippen molar-refractivity contribution in [1.82, 2.24) is 10.2 Å². The van der Waals surface area contributed by atoms with Gasteiger partial charge in [0.15, 0.2) is 0 Å². The lowest BCUT2D eigenvalue weighted by atomic mass is 9.75. The van der Waals surface area contributed by atoms with Crippen molar-refractivity contribution in [1.29, 1.82) is 0 Å². The summed E-state index contributed by atoms with van der Waals surface area (Å²) in [6.07, 6.45) is 2.96. The fourth-order valence-electron chi connectivity index (χ4n) is 3.82. The van der Waals surface area contributed by atoms with E-state index in [1.54, 1.807) is 0 Å². The number of nitrogens with zero attached hydrogens (tertiary/aromatic N) is 1. The van der Waals surface area contributed by atoms with E-state index in [0.717, 1.165) is 45.4 Å². The highest BCUT2D eigenvalue weighted by Crippen LogP contribution is 2.36. The second kappa shape index (κ2) is 5.80. The third-order valence-corrected chi connectivity index (χ3v) is 5.43. The second-order valence-electron chi connectivity index (χ2n) is 6.80. The van der Waals surface area contributed by atoms with Gasteiger partial charge in [-0.3, -0.25) is 4.79 Å². The summed E-state index contributed by atoms with van der Waals surface area (Å²) in [7, 11) is 0. The Balaban J connectivity index is 1.77. The molecule has 3 rings (SSSR count). The van der Waals surface area contributed by atoms with Crippen molar-refractivity contribution in [3.05, 3.63) is 35.4 Å². The average molecular weight is 286 g/mol. The lowest BCUT2D eigenvalue weighted by Crippen LogP contribution is -2.49. The van der Waals surface area contributed by atoms with Crippen LogP contribution in [-0.2, 0) is 17.6 Å². The summed E-state index contributed by atoms with van der Waals surface area (Å²) in [5, 5.41) is 3.40. The largest absolute Gasteiger partial charge is 0.342 e. The van der Waals surface area contributed by atoms with Crippen molar-refractivity contribution < 1.29 is 4.79 Å². The topological polar surface area (TPSA) is 32.3 Å². The Morgan fingerprint density at radius 2 is 1.81 bits per heavy atom. The number of carbonyl (C=O) groups excluding carboxylic acids is 1. The van der Waals surface area contributed by atoms with Crippen LogP contribution in [0.25, 0.3) is 0 Å². The van der Waals surface area contributed by atoms with Crippen LogP contribution >= 0.6 is 0 Å². The van der Waals surface area contributed by atoms with E-state index in [2.05, 4.69) is 48.3 Å². The van der Waals surface area contributed by atoms with Crippen LogP contribution in [0.15, 0.2) is 24.3 Å². The van der Waals surface area contributed by atoms with Gasteiger partial charge in [0.05, 0.1) is 5.41 Å². The minimum atomic E-state index is -0.184. The smallest absolute Gasteiger partial charge is 0.230 e. The van der Waals surface area contributed by atoms with Crippen molar-refractivity contribution in [2.75, 3.05) is 26.2 Å². The summed E-state index contributed by atoms with van der Waals surface area (Å²) in [5.41, 5.74) is 2.64. The Morgan fingerprint density at radius 3 is 2.29 bits per heavy atom. The standard InChI is InChI=1S/C18H26N2O/c1-14(2)18(9-10-19-13-18)17(21)20-11-7-15-5-3-4-6-16(15)8-12-20/h3-6,14,19H,7-13H2,1-2H3. The SMILES string of the molecule is CC(C)C1(C(=O)N2CCc3ccccc3CC2)CCNC1. The number of hydrogen-bond acceptors (Lipinski definition) is 2. The molecule has 2 aliphatic rings. The maximum Gasteiger partial charge on any atom is 0.230 e. The zero-order valence-electron chi connectivity index (χ0n) is 13.2. The minimum absolute atomic E-state index is 0.184. The van der Waals surface area contributed by atoms with E-state index in [1.165, 1.54) is 11.1 Å². The maximum atomic E-state index is 13.2. The lowest BCUT2D eigenvalue weighted by molar-refractivity contribution is -0.143. The van der Waals surface area contributed by atoms with Gasteiger partial charge in [-0.1, -0.05) is 38.1 Å². The molecule has 0 saturated carbocycles. The first kappa shape index (κ1) is 14.6. The number of nitrogens with one attached hydrogen (secondary N) is 1. The third-order valence-electron chi connectivity index (χ3n) is 5.43. The molecule has 2 heterocycles. The van der Waals surface area contributed by atoms with E-state index in [4.69, 9.17) is 0 Å². The van der Waals surface area contributed by atoms with Gasteiger partial charge in [-0.25, -0.2) is 0 Å². The number of hydrogen-bond donors (Lipinski definition) is 1. The predicted octanol–water partition coefficient (Wildman–Crippen LogP) is 2.25. The van der Waals surface area contributed by atoms with Crippen molar-refractivity contribution in [3.8, 4) is 0 Å². The maximum absolute atomic E-state index is 13.2. The Bertz CT molecular complexity index is 491. The van der Waals surface area contributed by atoms with Crippen molar-refractivity contribution in [3.63, 3.8) is 0 Å². The van der Waals surface area contributed by atoms with Crippen LogP contribution in [0.5, 0.6) is 0 Å². The van der Waals surface area contributed by atoms with Crippen LogP contribution in [0.2, 0.25) is 0 Å². The van der Waals surface area contributed by atoms with Crippen molar-refractivity contribution >= 4 is 5.91 Å². The van der Waals surface area contributed by atoms with Crippen molar-refractivity contribution in [2.24, 2.45) is 11.3 Å². The number of benzene rings is 1. The van der Waals surface area contributed by atoms with Crippen LogP contribution in [-0.4, -0.2) is 37.0 Å². The summed E-state index contributed by atoms with van der Waals surface area (Å²) < 4.78 is 0. The number of fused-ring (bicyclic) bond motifs is 1. The van der Waals surface area contributed by atoms with Gasteiger partial charge >= 0.3 is 0 Å². The Labute approximate surface area is 127 Å². The fraction of sp³-hybridized carbons (Fsp3) is 0.611. The van der Waals surface area contributed by atoms with Gasteiger partial charge in [-0.15, -0.1) is 0 Å². The molecule has 114 valence electrons. The molecule has 2 aliphatic heterocycles. The molecule has 3 heteroatoms. The molecule has 1 fully saturated rings. The molecule has 1 saturated heterocycles. The first-order valence-electron chi connectivity index (χ1n) is 8.20. The molecule has 0 bridgehead atoms. The van der Waals surface area contributed by atoms with E-state index in [-0.39, 0.29) is 5.41 Å². The van der Waals surface area contributed by atoms with Gasteiger partial charge in [-0.05, 0) is 42.9 Å². The van der Waals surface area contributed by atoms with Crippen LogP contribution in [0.1, 0.15) is 31.4 Å². The van der Waals surface area contributed by atoms with E-state index < -0.39 is 0 Å². The monoisotopic (exact) mass is 286 g/mol. The minimum Gasteiger partial charge on any atom is -0.342 e. The van der Waals surface area contributed by atoms with Crippen molar-refractivity contribution in [2.45, 2.75) is 33.1 Å². The first-order valence-corrected chi connectivity index (χ1v) is 8.20. The molecule has 1 aromatic rings. The molecule has 0 aliphatic carbocycles. The molecule has 1 atom stereocenters. The summed E-state index contributed by atoms with van der Waals surface area (Å²) in [6, 6.07) is 8.62. The zero-order valence-corrected chi connectivity index (χ0v) is 13.2. The molecule has 3 nitrogen and oxygen atoms in total. The van der Waals surface area contributed by atoms with Gasteiger partial charge in [0.2, 0.25) is 5.91 Å². The highest BCUT2D eigenvalue weighted by Gasteiger charge is 2.46. The van der Waals surface area contributed by atoms with E-state index in [0.29, 0.717) is 11.8 Å². The molecule has 1 unspecified atom stereocenters. The van der Waals surface area contributed by atoms with Crippen LogP contribution in [0.4, 0.5) is 0 Å². The van der Waals surface area contributed by atoms with Crippen LogP contribution < -0.4 is 5.32 Å². The van der Waals surface area contributed by atoms with Gasteiger partial charge in [0, 0.05) is 19.6 Å². The Kier molecular flexibility index (Phi) is 4.03. The van der Waals surface area contributed by atoms with Crippen LogP contribution in [0.3, 0.4) is 0 Å². The van der Waals surface area contributed by atoms with Gasteiger partial charge < -0.3 is 10.2 Å². The Morgan fingerprint density at radius 1 is 1.19 bits per heavy atom. The molecular formula is C18H26N2O. The molecule has 0 aromatic heterocycles. The highest BCUT2D eigenvalue weighted by molar-refractivity contribution is 5.84. The Hall–Kier alpha value is -1.35. The van der Waals surface area contributed by atoms with E-state index >= 15 is 0 Å².